The van der Waals surface area contributed by atoms with Gasteiger partial charge in [-0.05, 0) is 12.8 Å². The second-order valence-electron chi connectivity index (χ2n) is 3.40. The molecule has 2 rings (SSSR count). The Kier molecular flexibility index (Phi) is 1.91. The predicted octanol–water partition coefficient (Wildman–Crippen LogP) is 1.47. The first-order chi connectivity index (χ1) is 4.97. The summed E-state index contributed by atoms with van der Waals surface area (Å²) in [6.07, 6.45) is 7.38. The van der Waals surface area contributed by atoms with Gasteiger partial charge in [0.15, 0.2) is 0 Å². The average molecular weight is 141 g/mol. The van der Waals surface area contributed by atoms with Crippen LogP contribution in [0.5, 0.6) is 0 Å². The molecule has 2 aliphatic rings. The van der Waals surface area contributed by atoms with E-state index >= 15 is 0 Å². The number of hydroxylamine groups is 1. The molecule has 0 radical (unpaired) electrons. The van der Waals surface area contributed by atoms with Gasteiger partial charge in [0.25, 0.3) is 0 Å². The molecule has 0 spiro atoms. The van der Waals surface area contributed by atoms with Crippen molar-refractivity contribution in [3.63, 3.8) is 0 Å². The summed E-state index contributed by atoms with van der Waals surface area (Å²) >= 11 is 0. The normalized spacial score (nSPS) is 40.8. The van der Waals surface area contributed by atoms with E-state index in [9.17, 15) is 0 Å². The zero-order chi connectivity index (χ0) is 6.81. The SMILES string of the molecule is C1CCC2CNOC2CC1. The molecule has 58 valence electrons. The van der Waals surface area contributed by atoms with Crippen molar-refractivity contribution in [2.75, 3.05) is 6.54 Å². The number of rotatable bonds is 0. The first kappa shape index (κ1) is 6.62. The summed E-state index contributed by atoms with van der Waals surface area (Å²) in [5.41, 5.74) is 2.99. The fraction of sp³-hybridized carbons (Fsp3) is 1.00. The molecule has 2 fully saturated rings. The van der Waals surface area contributed by atoms with Crippen molar-refractivity contribution in [2.24, 2.45) is 5.92 Å². The first-order valence-corrected chi connectivity index (χ1v) is 4.35. The fourth-order valence-corrected chi connectivity index (χ4v) is 2.00. The lowest BCUT2D eigenvalue weighted by atomic mass is 9.99. The third-order valence-corrected chi connectivity index (χ3v) is 2.67. The van der Waals surface area contributed by atoms with Gasteiger partial charge in [-0.3, -0.25) is 4.84 Å². The first-order valence-electron chi connectivity index (χ1n) is 4.35. The molecule has 2 nitrogen and oxygen atoms in total. The van der Waals surface area contributed by atoms with Crippen LogP contribution in [0.15, 0.2) is 0 Å². The summed E-state index contributed by atoms with van der Waals surface area (Å²) in [4.78, 5) is 5.39. The third kappa shape index (κ3) is 1.18. The van der Waals surface area contributed by atoms with E-state index in [-0.39, 0.29) is 0 Å². The van der Waals surface area contributed by atoms with Crippen LogP contribution in [0.2, 0.25) is 0 Å². The minimum absolute atomic E-state index is 0.544. The Morgan fingerprint density at radius 2 is 2.00 bits per heavy atom. The summed E-state index contributed by atoms with van der Waals surface area (Å²) in [6.45, 7) is 1.09. The zero-order valence-corrected chi connectivity index (χ0v) is 6.31. The molecule has 2 atom stereocenters. The van der Waals surface area contributed by atoms with E-state index in [1.165, 1.54) is 32.1 Å². The summed E-state index contributed by atoms with van der Waals surface area (Å²) < 4.78 is 0. The molecule has 0 bridgehead atoms. The summed E-state index contributed by atoms with van der Waals surface area (Å²) in [5.74, 6) is 0.822. The molecule has 1 heterocycles. The largest absolute Gasteiger partial charge is 0.298 e. The second-order valence-corrected chi connectivity index (χ2v) is 3.40. The van der Waals surface area contributed by atoms with Crippen LogP contribution in [0.1, 0.15) is 32.1 Å². The lowest BCUT2D eigenvalue weighted by Crippen LogP contribution is -2.14. The van der Waals surface area contributed by atoms with Crippen LogP contribution in [0, 0.1) is 5.92 Å². The second kappa shape index (κ2) is 2.89. The highest BCUT2D eigenvalue weighted by Crippen LogP contribution is 2.27. The maximum absolute atomic E-state index is 5.39. The highest BCUT2D eigenvalue weighted by atomic mass is 16.7. The highest BCUT2D eigenvalue weighted by Gasteiger charge is 2.28. The van der Waals surface area contributed by atoms with E-state index in [0.29, 0.717) is 6.10 Å². The van der Waals surface area contributed by atoms with E-state index in [0.717, 1.165) is 12.5 Å². The molecule has 1 N–H and O–H groups in total. The van der Waals surface area contributed by atoms with Crippen molar-refractivity contribution in [3.8, 4) is 0 Å². The zero-order valence-electron chi connectivity index (χ0n) is 6.31. The van der Waals surface area contributed by atoms with Gasteiger partial charge in [0.2, 0.25) is 0 Å². The van der Waals surface area contributed by atoms with Crippen LogP contribution in [0.3, 0.4) is 0 Å². The van der Waals surface area contributed by atoms with Gasteiger partial charge in [-0.2, -0.15) is 0 Å². The maximum atomic E-state index is 5.39. The van der Waals surface area contributed by atoms with Crippen LogP contribution < -0.4 is 5.48 Å². The molecule has 0 aromatic heterocycles. The molecular formula is C8H15NO. The van der Waals surface area contributed by atoms with Crippen LogP contribution in [-0.2, 0) is 4.84 Å². The molecule has 0 aromatic carbocycles. The van der Waals surface area contributed by atoms with Gasteiger partial charge >= 0.3 is 0 Å². The van der Waals surface area contributed by atoms with E-state index in [1.54, 1.807) is 0 Å². The minimum atomic E-state index is 0.544. The smallest absolute Gasteiger partial charge is 0.0831 e. The molecule has 0 amide bonds. The van der Waals surface area contributed by atoms with Crippen molar-refractivity contribution in [1.29, 1.82) is 0 Å². The van der Waals surface area contributed by atoms with Crippen molar-refractivity contribution in [2.45, 2.75) is 38.2 Å². The summed E-state index contributed by atoms with van der Waals surface area (Å²) in [6, 6.07) is 0. The lowest BCUT2D eigenvalue weighted by Gasteiger charge is -2.10. The van der Waals surface area contributed by atoms with Crippen molar-refractivity contribution >= 4 is 0 Å². The Morgan fingerprint density at radius 1 is 1.10 bits per heavy atom. The Morgan fingerprint density at radius 3 is 3.00 bits per heavy atom. The third-order valence-electron chi connectivity index (χ3n) is 2.67. The highest BCUT2D eigenvalue weighted by molar-refractivity contribution is 4.78. The maximum Gasteiger partial charge on any atom is 0.0831 e. The number of fused-ring (bicyclic) bond motifs is 1. The van der Waals surface area contributed by atoms with Crippen LogP contribution in [-0.4, -0.2) is 12.6 Å². The predicted molar refractivity (Wildman–Crippen MR) is 39.5 cm³/mol. The Labute approximate surface area is 61.9 Å². The minimum Gasteiger partial charge on any atom is -0.298 e. The molecular weight excluding hydrogens is 126 g/mol. The monoisotopic (exact) mass is 141 g/mol. The van der Waals surface area contributed by atoms with Gasteiger partial charge < -0.3 is 0 Å². The van der Waals surface area contributed by atoms with E-state index < -0.39 is 0 Å². The molecule has 2 heteroatoms. The lowest BCUT2D eigenvalue weighted by molar-refractivity contribution is 0.0194. The van der Waals surface area contributed by atoms with Crippen LogP contribution in [0.4, 0.5) is 0 Å². The van der Waals surface area contributed by atoms with Crippen LogP contribution in [0.25, 0.3) is 0 Å². The number of nitrogens with one attached hydrogen (secondary N) is 1. The number of hydrogen-bond donors (Lipinski definition) is 1. The van der Waals surface area contributed by atoms with Gasteiger partial charge in [-0.15, -0.1) is 0 Å². The Hall–Kier alpha value is -0.0800. The molecule has 1 aliphatic heterocycles. The molecule has 10 heavy (non-hydrogen) atoms. The average Bonchev–Trinajstić information content (AvgIpc) is 2.28. The molecule has 1 aliphatic carbocycles. The summed E-state index contributed by atoms with van der Waals surface area (Å²) in [7, 11) is 0. The fourth-order valence-electron chi connectivity index (χ4n) is 2.00. The quantitative estimate of drug-likeness (QED) is 0.551. The van der Waals surface area contributed by atoms with E-state index in [1.807, 2.05) is 0 Å². The topological polar surface area (TPSA) is 21.3 Å². The Bertz CT molecular complexity index is 104. The van der Waals surface area contributed by atoms with E-state index in [2.05, 4.69) is 5.48 Å². The number of hydrogen-bond acceptors (Lipinski definition) is 2. The standard InChI is InChI=1S/C8H15NO/c1-2-4-7-6-9-10-8(7)5-3-1/h7-9H,1-6H2. The van der Waals surface area contributed by atoms with Gasteiger partial charge in [0.05, 0.1) is 6.10 Å². The van der Waals surface area contributed by atoms with Gasteiger partial charge in [0, 0.05) is 12.5 Å². The van der Waals surface area contributed by atoms with Crippen molar-refractivity contribution < 1.29 is 4.84 Å². The Balaban J connectivity index is 1.95. The van der Waals surface area contributed by atoms with Gasteiger partial charge in [-0.1, -0.05) is 19.3 Å². The van der Waals surface area contributed by atoms with Crippen molar-refractivity contribution in [1.82, 2.24) is 5.48 Å². The summed E-state index contributed by atoms with van der Waals surface area (Å²) in [5, 5.41) is 0. The van der Waals surface area contributed by atoms with Gasteiger partial charge in [-0.25, -0.2) is 5.48 Å². The van der Waals surface area contributed by atoms with Gasteiger partial charge in [0.1, 0.15) is 0 Å². The van der Waals surface area contributed by atoms with Crippen molar-refractivity contribution in [3.05, 3.63) is 0 Å². The van der Waals surface area contributed by atoms with Crippen LogP contribution >= 0.6 is 0 Å². The molecule has 1 saturated heterocycles. The molecule has 0 aromatic rings. The molecule has 2 unspecified atom stereocenters. The van der Waals surface area contributed by atoms with E-state index in [4.69, 9.17) is 4.84 Å². The molecule has 1 saturated carbocycles.